The molecular weight excluding hydrogens is 330 g/mol. The minimum atomic E-state index is -0.0357. The van der Waals surface area contributed by atoms with Crippen molar-refractivity contribution in [3.8, 4) is 0 Å². The number of carbonyl (C=O) groups excluding carboxylic acids is 1. The molecule has 1 aromatic rings. The van der Waals surface area contributed by atoms with Gasteiger partial charge in [0, 0.05) is 24.8 Å². The van der Waals surface area contributed by atoms with E-state index in [9.17, 15) is 4.79 Å². The third-order valence-electron chi connectivity index (χ3n) is 5.81. The maximum atomic E-state index is 13.1. The van der Waals surface area contributed by atoms with Gasteiger partial charge in [0.1, 0.15) is 6.10 Å². The van der Waals surface area contributed by atoms with Crippen molar-refractivity contribution in [3.05, 3.63) is 35.9 Å². The first-order valence-corrected chi connectivity index (χ1v) is 11.0. The number of ether oxygens (including phenoxy) is 1. The zero-order chi connectivity index (χ0) is 17.6. The Balaban J connectivity index is 1.79. The van der Waals surface area contributed by atoms with E-state index in [1.165, 1.54) is 31.2 Å². The van der Waals surface area contributed by atoms with Crippen molar-refractivity contribution in [3.63, 3.8) is 0 Å². The van der Waals surface area contributed by atoms with Crippen LogP contribution in [0.4, 0.5) is 0 Å². The molecule has 0 N–H and O–H groups in total. The van der Waals surface area contributed by atoms with Crippen LogP contribution in [0, 0.1) is 11.8 Å². The lowest BCUT2D eigenvalue weighted by molar-refractivity contribution is -0.153. The second-order valence-corrected chi connectivity index (χ2v) is 8.56. The van der Waals surface area contributed by atoms with Crippen LogP contribution >= 0.6 is 11.8 Å². The maximum absolute atomic E-state index is 13.1. The number of likely N-dealkylation sites (N-methyl/N-ethyl adjacent to an activating group) is 1. The van der Waals surface area contributed by atoms with E-state index in [-0.39, 0.29) is 18.0 Å². The zero-order valence-corrected chi connectivity index (χ0v) is 16.3. The first kappa shape index (κ1) is 18.8. The molecule has 1 heterocycles. The maximum Gasteiger partial charge on any atom is 0.310 e. The minimum absolute atomic E-state index is 0.0235. The third kappa shape index (κ3) is 4.79. The molecule has 138 valence electrons. The molecular formula is C21H31NO2S. The van der Waals surface area contributed by atoms with Gasteiger partial charge < -0.3 is 9.64 Å². The summed E-state index contributed by atoms with van der Waals surface area (Å²) in [5.74, 6) is 1.74. The van der Waals surface area contributed by atoms with Gasteiger partial charge in [0.05, 0.1) is 5.92 Å². The molecule has 0 spiro atoms. The second kappa shape index (κ2) is 9.09. The van der Waals surface area contributed by atoms with Crippen molar-refractivity contribution in [2.45, 2.75) is 44.1 Å². The summed E-state index contributed by atoms with van der Waals surface area (Å²) in [5.41, 5.74) is 1.31. The van der Waals surface area contributed by atoms with Crippen molar-refractivity contribution in [2.75, 3.05) is 32.1 Å². The van der Waals surface area contributed by atoms with Crippen LogP contribution in [0.3, 0.4) is 0 Å². The molecule has 0 bridgehead atoms. The number of carbonyl (C=O) groups is 1. The normalized spacial score (nSPS) is 24.3. The van der Waals surface area contributed by atoms with E-state index in [1.807, 2.05) is 0 Å². The average molecular weight is 362 g/mol. The third-order valence-corrected chi connectivity index (χ3v) is 6.50. The molecule has 25 heavy (non-hydrogen) atoms. The largest absolute Gasteiger partial charge is 0.461 e. The summed E-state index contributed by atoms with van der Waals surface area (Å²) >= 11 is 1.77. The van der Waals surface area contributed by atoms with Crippen molar-refractivity contribution < 1.29 is 9.53 Å². The quantitative estimate of drug-likeness (QED) is 0.681. The first-order chi connectivity index (χ1) is 12.2. The van der Waals surface area contributed by atoms with E-state index in [0.717, 1.165) is 25.3 Å². The molecule has 1 aliphatic carbocycles. The number of hydrogen-bond donors (Lipinski definition) is 0. The molecule has 2 fully saturated rings. The summed E-state index contributed by atoms with van der Waals surface area (Å²) in [6.07, 6.45) is 8.20. The van der Waals surface area contributed by atoms with Crippen molar-refractivity contribution in [1.82, 2.24) is 4.90 Å². The van der Waals surface area contributed by atoms with Gasteiger partial charge in [-0.25, -0.2) is 0 Å². The van der Waals surface area contributed by atoms with Crippen molar-refractivity contribution in [1.29, 1.82) is 0 Å². The molecule has 0 aromatic heterocycles. The Morgan fingerprint density at radius 3 is 2.56 bits per heavy atom. The lowest BCUT2D eigenvalue weighted by Crippen LogP contribution is -2.33. The van der Waals surface area contributed by atoms with E-state index in [2.05, 4.69) is 48.5 Å². The van der Waals surface area contributed by atoms with Crippen LogP contribution in [-0.2, 0) is 9.53 Å². The number of esters is 1. The molecule has 0 radical (unpaired) electrons. The molecule has 3 nitrogen and oxygen atoms in total. The number of thioether (sulfide) groups is 1. The second-order valence-electron chi connectivity index (χ2n) is 7.65. The Hall–Kier alpha value is -1.00. The summed E-state index contributed by atoms with van der Waals surface area (Å²) in [7, 11) is 2.10. The Bertz CT molecular complexity index is 544. The molecule has 4 heteroatoms. The molecule has 1 saturated carbocycles. The molecule has 3 unspecified atom stereocenters. The lowest BCUT2D eigenvalue weighted by atomic mass is 9.76. The average Bonchev–Trinajstić information content (AvgIpc) is 3.27. The van der Waals surface area contributed by atoms with E-state index in [0.29, 0.717) is 11.8 Å². The van der Waals surface area contributed by atoms with Crippen LogP contribution < -0.4 is 0 Å². The Morgan fingerprint density at radius 1 is 1.24 bits per heavy atom. The van der Waals surface area contributed by atoms with Gasteiger partial charge >= 0.3 is 5.97 Å². The Labute approximate surface area is 156 Å². The zero-order valence-electron chi connectivity index (χ0n) is 15.5. The fourth-order valence-electron chi connectivity index (χ4n) is 4.57. The molecule has 1 saturated heterocycles. The standard InChI is InChI=1S/C21H31NO2S/c1-22-13-12-18(14-22)24-21(23)19(15-25-2)20(17-10-6-7-11-17)16-8-4-3-5-9-16/h3-5,8-9,17-20H,6-7,10-15H2,1-2H3. The summed E-state index contributed by atoms with van der Waals surface area (Å²) in [4.78, 5) is 15.4. The van der Waals surface area contributed by atoms with Crippen LogP contribution in [0.2, 0.25) is 0 Å². The predicted octanol–water partition coefficient (Wildman–Crippen LogP) is 4.19. The van der Waals surface area contributed by atoms with Crippen LogP contribution in [0.25, 0.3) is 0 Å². The first-order valence-electron chi connectivity index (χ1n) is 9.62. The highest BCUT2D eigenvalue weighted by Gasteiger charge is 2.38. The summed E-state index contributed by atoms with van der Waals surface area (Å²) in [6.45, 7) is 1.90. The minimum Gasteiger partial charge on any atom is -0.461 e. The molecule has 0 amide bonds. The van der Waals surface area contributed by atoms with Gasteiger partial charge in [0.25, 0.3) is 0 Å². The highest BCUT2D eigenvalue weighted by atomic mass is 32.2. The number of likely N-dealkylation sites (tertiary alicyclic amines) is 1. The number of benzene rings is 1. The summed E-state index contributed by atoms with van der Waals surface area (Å²) in [6, 6.07) is 10.7. The summed E-state index contributed by atoms with van der Waals surface area (Å²) in [5, 5.41) is 0. The van der Waals surface area contributed by atoms with E-state index in [1.54, 1.807) is 11.8 Å². The van der Waals surface area contributed by atoms with Gasteiger partial charge in [-0.2, -0.15) is 11.8 Å². The van der Waals surface area contributed by atoms with Crippen LogP contribution in [0.1, 0.15) is 43.6 Å². The fourth-order valence-corrected chi connectivity index (χ4v) is 5.27. The Kier molecular flexibility index (Phi) is 6.83. The molecule has 3 atom stereocenters. The topological polar surface area (TPSA) is 29.5 Å². The van der Waals surface area contributed by atoms with Gasteiger partial charge in [0.15, 0.2) is 0 Å². The van der Waals surface area contributed by atoms with Crippen LogP contribution in [0.15, 0.2) is 30.3 Å². The van der Waals surface area contributed by atoms with E-state index < -0.39 is 0 Å². The molecule has 3 rings (SSSR count). The number of rotatable bonds is 7. The van der Waals surface area contributed by atoms with E-state index in [4.69, 9.17) is 4.74 Å². The van der Waals surface area contributed by atoms with Gasteiger partial charge in [0.2, 0.25) is 0 Å². The smallest absolute Gasteiger partial charge is 0.310 e. The highest BCUT2D eigenvalue weighted by molar-refractivity contribution is 7.98. The van der Waals surface area contributed by atoms with Gasteiger partial charge in [-0.3, -0.25) is 4.79 Å². The highest BCUT2D eigenvalue weighted by Crippen LogP contribution is 2.43. The molecule has 1 aliphatic heterocycles. The monoisotopic (exact) mass is 361 g/mol. The van der Waals surface area contributed by atoms with Gasteiger partial charge in [-0.15, -0.1) is 0 Å². The predicted molar refractivity (Wildman–Crippen MR) is 105 cm³/mol. The van der Waals surface area contributed by atoms with Crippen molar-refractivity contribution in [2.24, 2.45) is 11.8 Å². The van der Waals surface area contributed by atoms with E-state index >= 15 is 0 Å². The number of nitrogens with zero attached hydrogens (tertiary/aromatic N) is 1. The van der Waals surface area contributed by atoms with Crippen LogP contribution in [-0.4, -0.2) is 49.1 Å². The van der Waals surface area contributed by atoms with Gasteiger partial charge in [-0.1, -0.05) is 43.2 Å². The molecule has 1 aromatic carbocycles. The lowest BCUT2D eigenvalue weighted by Gasteiger charge is -2.31. The molecule has 2 aliphatic rings. The summed E-state index contributed by atoms with van der Waals surface area (Å²) < 4.78 is 5.96. The SMILES string of the molecule is CSCC(C(=O)OC1CCN(C)C1)C(c1ccccc1)C1CCCC1. The van der Waals surface area contributed by atoms with Crippen molar-refractivity contribution >= 4 is 17.7 Å². The van der Waals surface area contributed by atoms with Gasteiger partial charge in [-0.05, 0) is 44.0 Å². The Morgan fingerprint density at radius 2 is 1.96 bits per heavy atom. The number of hydrogen-bond acceptors (Lipinski definition) is 4. The van der Waals surface area contributed by atoms with Crippen LogP contribution in [0.5, 0.6) is 0 Å². The fraction of sp³-hybridized carbons (Fsp3) is 0.667.